The van der Waals surface area contributed by atoms with Gasteiger partial charge in [0.15, 0.2) is 0 Å². The van der Waals surface area contributed by atoms with Crippen molar-refractivity contribution in [2.24, 2.45) is 0 Å². The first kappa shape index (κ1) is 21.4. The van der Waals surface area contributed by atoms with E-state index in [0.717, 1.165) is 5.56 Å². The number of nitrogens with one attached hydrogen (secondary N) is 2. The second-order valence-corrected chi connectivity index (χ2v) is 6.54. The molecule has 7 heteroatoms. The van der Waals surface area contributed by atoms with Crippen LogP contribution in [0.3, 0.4) is 0 Å². The van der Waals surface area contributed by atoms with Gasteiger partial charge in [0.05, 0.1) is 12.7 Å². The van der Waals surface area contributed by atoms with E-state index in [0.29, 0.717) is 11.3 Å². The van der Waals surface area contributed by atoms with Crippen LogP contribution in [-0.4, -0.2) is 29.9 Å². The molecule has 156 valence electrons. The molecule has 0 radical (unpaired) electrons. The van der Waals surface area contributed by atoms with E-state index in [4.69, 9.17) is 4.74 Å². The number of rotatable bonds is 7. The number of benzene rings is 2. The van der Waals surface area contributed by atoms with Crippen molar-refractivity contribution >= 4 is 29.5 Å². The normalized spacial score (nSPS) is 10.5. The first-order chi connectivity index (χ1) is 15.0. The molecule has 0 bridgehead atoms. The number of hydrogen-bond acceptors (Lipinski definition) is 5. The highest BCUT2D eigenvalue weighted by Crippen LogP contribution is 2.17. The molecule has 31 heavy (non-hydrogen) atoms. The Labute approximate surface area is 179 Å². The predicted molar refractivity (Wildman–Crippen MR) is 117 cm³/mol. The van der Waals surface area contributed by atoms with Gasteiger partial charge in [0.1, 0.15) is 5.69 Å². The summed E-state index contributed by atoms with van der Waals surface area (Å²) in [7, 11) is 1.28. The van der Waals surface area contributed by atoms with E-state index in [-0.39, 0.29) is 29.6 Å². The van der Waals surface area contributed by atoms with Gasteiger partial charge in [-0.15, -0.1) is 0 Å². The van der Waals surface area contributed by atoms with Crippen LogP contribution in [0.15, 0.2) is 79.0 Å². The average Bonchev–Trinajstić information content (AvgIpc) is 2.81. The zero-order valence-electron chi connectivity index (χ0n) is 16.9. The van der Waals surface area contributed by atoms with Crippen LogP contribution < -0.4 is 10.6 Å². The van der Waals surface area contributed by atoms with E-state index in [2.05, 4.69) is 15.6 Å². The van der Waals surface area contributed by atoms with Crippen molar-refractivity contribution in [1.82, 2.24) is 10.3 Å². The fourth-order valence-corrected chi connectivity index (χ4v) is 2.79. The molecule has 0 aliphatic rings. The average molecular weight is 415 g/mol. The van der Waals surface area contributed by atoms with Crippen LogP contribution in [0, 0.1) is 0 Å². The standard InChI is InChI=1S/C24H21N3O4/c1-31-24(30)19-13-18(16-26-23(29)21-9-5-6-12-25-21)14-20(15-19)27-22(28)11-10-17-7-3-2-4-8-17/h2-15H,16H2,1H3,(H,26,29)(H,27,28). The Morgan fingerprint density at radius 3 is 2.48 bits per heavy atom. The lowest BCUT2D eigenvalue weighted by atomic mass is 10.1. The fraction of sp³-hybridized carbons (Fsp3) is 0.0833. The van der Waals surface area contributed by atoms with Crippen LogP contribution in [0.25, 0.3) is 6.08 Å². The Balaban J connectivity index is 1.73. The number of hydrogen-bond donors (Lipinski definition) is 2. The molecule has 3 rings (SSSR count). The van der Waals surface area contributed by atoms with E-state index in [1.165, 1.54) is 25.4 Å². The van der Waals surface area contributed by atoms with Crippen molar-refractivity contribution in [3.8, 4) is 0 Å². The monoisotopic (exact) mass is 415 g/mol. The number of aromatic nitrogens is 1. The van der Waals surface area contributed by atoms with Crippen molar-refractivity contribution < 1.29 is 19.1 Å². The number of carbonyl (C=O) groups is 3. The molecule has 2 N–H and O–H groups in total. The van der Waals surface area contributed by atoms with Crippen molar-refractivity contribution in [2.45, 2.75) is 6.54 Å². The fourth-order valence-electron chi connectivity index (χ4n) is 2.79. The first-order valence-corrected chi connectivity index (χ1v) is 9.51. The van der Waals surface area contributed by atoms with Gasteiger partial charge in [-0.2, -0.15) is 0 Å². The molecule has 0 saturated carbocycles. The highest BCUT2D eigenvalue weighted by atomic mass is 16.5. The van der Waals surface area contributed by atoms with Crippen molar-refractivity contribution in [2.75, 3.05) is 12.4 Å². The topological polar surface area (TPSA) is 97.4 Å². The molecule has 0 spiro atoms. The van der Waals surface area contributed by atoms with Crippen LogP contribution in [-0.2, 0) is 16.1 Å². The minimum atomic E-state index is -0.548. The molecule has 0 aliphatic heterocycles. The molecule has 2 amide bonds. The third kappa shape index (κ3) is 6.37. The van der Waals surface area contributed by atoms with E-state index >= 15 is 0 Å². The molecule has 0 fully saturated rings. The van der Waals surface area contributed by atoms with Gasteiger partial charge < -0.3 is 15.4 Å². The Bertz CT molecular complexity index is 1100. The Morgan fingerprint density at radius 1 is 1.00 bits per heavy atom. The third-order valence-electron chi connectivity index (χ3n) is 4.26. The summed E-state index contributed by atoms with van der Waals surface area (Å²) < 4.78 is 4.79. The zero-order valence-corrected chi connectivity index (χ0v) is 16.9. The molecular formula is C24H21N3O4. The van der Waals surface area contributed by atoms with Gasteiger partial charge in [-0.05, 0) is 47.5 Å². The number of anilines is 1. The van der Waals surface area contributed by atoms with E-state index in [1.807, 2.05) is 30.3 Å². The van der Waals surface area contributed by atoms with Gasteiger partial charge in [-0.3, -0.25) is 14.6 Å². The van der Waals surface area contributed by atoms with Gasteiger partial charge in [0.2, 0.25) is 5.91 Å². The van der Waals surface area contributed by atoms with Gasteiger partial charge in [0, 0.05) is 24.5 Å². The zero-order chi connectivity index (χ0) is 22.1. The minimum Gasteiger partial charge on any atom is -0.465 e. The molecule has 3 aromatic rings. The van der Waals surface area contributed by atoms with Crippen molar-refractivity contribution in [3.63, 3.8) is 0 Å². The molecule has 0 aliphatic carbocycles. The Hall–Kier alpha value is -4.26. The van der Waals surface area contributed by atoms with Crippen LogP contribution in [0.4, 0.5) is 5.69 Å². The lowest BCUT2D eigenvalue weighted by molar-refractivity contribution is -0.111. The van der Waals surface area contributed by atoms with Gasteiger partial charge in [-0.1, -0.05) is 36.4 Å². The minimum absolute atomic E-state index is 0.142. The lowest BCUT2D eigenvalue weighted by Gasteiger charge is -2.10. The molecule has 1 heterocycles. The molecule has 2 aromatic carbocycles. The quantitative estimate of drug-likeness (QED) is 0.455. The lowest BCUT2D eigenvalue weighted by Crippen LogP contribution is -2.24. The van der Waals surface area contributed by atoms with Crippen LogP contribution in [0.1, 0.15) is 32.0 Å². The maximum absolute atomic E-state index is 12.3. The summed E-state index contributed by atoms with van der Waals surface area (Å²) in [5.41, 5.74) is 2.46. The summed E-state index contributed by atoms with van der Waals surface area (Å²) in [4.78, 5) is 40.6. The van der Waals surface area contributed by atoms with Crippen LogP contribution in [0.5, 0.6) is 0 Å². The second kappa shape index (κ2) is 10.5. The summed E-state index contributed by atoms with van der Waals surface area (Å²) in [6.45, 7) is 0.142. The highest BCUT2D eigenvalue weighted by molar-refractivity contribution is 6.02. The predicted octanol–water partition coefficient (Wildman–Crippen LogP) is 3.45. The van der Waals surface area contributed by atoms with Gasteiger partial charge in [-0.25, -0.2) is 4.79 Å². The summed E-state index contributed by atoms with van der Waals surface area (Å²) in [6.07, 6.45) is 4.62. The van der Waals surface area contributed by atoms with Crippen molar-refractivity contribution in [1.29, 1.82) is 0 Å². The number of amides is 2. The molecule has 0 saturated heterocycles. The summed E-state index contributed by atoms with van der Waals surface area (Å²) in [5, 5.41) is 5.48. The number of ether oxygens (including phenoxy) is 1. The summed E-state index contributed by atoms with van der Waals surface area (Å²) in [5.74, 6) is -1.25. The van der Waals surface area contributed by atoms with Crippen LogP contribution >= 0.6 is 0 Å². The number of carbonyl (C=O) groups excluding carboxylic acids is 3. The highest BCUT2D eigenvalue weighted by Gasteiger charge is 2.12. The first-order valence-electron chi connectivity index (χ1n) is 9.51. The molecule has 1 aromatic heterocycles. The number of pyridine rings is 1. The third-order valence-corrected chi connectivity index (χ3v) is 4.26. The summed E-state index contributed by atoms with van der Waals surface area (Å²) in [6, 6.07) is 19.2. The summed E-state index contributed by atoms with van der Waals surface area (Å²) >= 11 is 0. The largest absolute Gasteiger partial charge is 0.465 e. The molecular weight excluding hydrogens is 394 g/mol. The Kier molecular flexibility index (Phi) is 7.26. The molecule has 0 atom stereocenters. The number of methoxy groups -OCH3 is 1. The maximum Gasteiger partial charge on any atom is 0.337 e. The Morgan fingerprint density at radius 2 is 1.77 bits per heavy atom. The maximum atomic E-state index is 12.3. The number of esters is 1. The van der Waals surface area contributed by atoms with E-state index in [9.17, 15) is 14.4 Å². The molecule has 7 nitrogen and oxygen atoms in total. The van der Waals surface area contributed by atoms with Crippen molar-refractivity contribution in [3.05, 3.63) is 101 Å². The van der Waals surface area contributed by atoms with E-state index in [1.54, 1.807) is 36.4 Å². The molecule has 0 unspecified atom stereocenters. The van der Waals surface area contributed by atoms with Crippen LogP contribution in [0.2, 0.25) is 0 Å². The number of nitrogens with zero attached hydrogens (tertiary/aromatic N) is 1. The van der Waals surface area contributed by atoms with Gasteiger partial charge in [0.25, 0.3) is 5.91 Å². The smallest absolute Gasteiger partial charge is 0.337 e. The van der Waals surface area contributed by atoms with E-state index < -0.39 is 5.97 Å². The SMILES string of the molecule is COC(=O)c1cc(CNC(=O)c2ccccn2)cc(NC(=O)C=Cc2ccccc2)c1. The second-order valence-electron chi connectivity index (χ2n) is 6.54. The van der Waals surface area contributed by atoms with Gasteiger partial charge >= 0.3 is 5.97 Å².